The highest BCUT2D eigenvalue weighted by molar-refractivity contribution is 7.92. The molecule has 0 aromatic rings. The molecule has 2 aliphatic rings. The van der Waals surface area contributed by atoms with Crippen molar-refractivity contribution in [2.45, 2.75) is 43.8 Å². The summed E-state index contributed by atoms with van der Waals surface area (Å²) >= 11 is 0. The highest BCUT2D eigenvalue weighted by Crippen LogP contribution is 2.27. The fourth-order valence-corrected chi connectivity index (χ4v) is 5.07. The second-order valence-corrected chi connectivity index (χ2v) is 7.26. The van der Waals surface area contributed by atoms with Gasteiger partial charge in [-0.25, -0.2) is 8.42 Å². The van der Waals surface area contributed by atoms with Gasteiger partial charge in [-0.15, -0.1) is 0 Å². The maximum Gasteiger partial charge on any atom is 0.153 e. The molecule has 88 valence electrons. The van der Waals surface area contributed by atoms with Crippen LogP contribution in [0, 0.1) is 5.92 Å². The lowest BCUT2D eigenvalue weighted by molar-refractivity contribution is 0.400. The largest absolute Gasteiger partial charge is 0.317 e. The predicted molar refractivity (Wildman–Crippen MR) is 61.6 cm³/mol. The Morgan fingerprint density at radius 1 is 1.00 bits per heavy atom. The van der Waals surface area contributed by atoms with Crippen LogP contribution in [-0.2, 0) is 9.84 Å². The molecular formula is C11H21NO2S. The zero-order valence-electron chi connectivity index (χ0n) is 9.24. The van der Waals surface area contributed by atoms with Gasteiger partial charge in [0.25, 0.3) is 0 Å². The maximum atomic E-state index is 12.1. The van der Waals surface area contributed by atoms with Crippen molar-refractivity contribution in [1.29, 1.82) is 0 Å². The topological polar surface area (TPSA) is 46.2 Å². The van der Waals surface area contributed by atoms with E-state index >= 15 is 0 Å². The number of nitrogens with one attached hydrogen (secondary N) is 1. The lowest BCUT2D eigenvalue weighted by Gasteiger charge is -2.23. The van der Waals surface area contributed by atoms with E-state index in [2.05, 4.69) is 5.32 Å². The van der Waals surface area contributed by atoms with Gasteiger partial charge in [0, 0.05) is 0 Å². The van der Waals surface area contributed by atoms with Gasteiger partial charge >= 0.3 is 0 Å². The van der Waals surface area contributed by atoms with Gasteiger partial charge in [0.15, 0.2) is 9.84 Å². The first kappa shape index (κ1) is 11.4. The Balaban J connectivity index is 1.90. The van der Waals surface area contributed by atoms with Crippen molar-refractivity contribution in [2.75, 3.05) is 18.8 Å². The molecule has 0 amide bonds. The van der Waals surface area contributed by atoms with Crippen LogP contribution in [0.15, 0.2) is 0 Å². The molecule has 1 saturated carbocycles. The fourth-order valence-electron chi connectivity index (χ4n) is 2.76. The van der Waals surface area contributed by atoms with Crippen LogP contribution in [0.1, 0.15) is 38.5 Å². The van der Waals surface area contributed by atoms with Crippen molar-refractivity contribution >= 4 is 9.84 Å². The Labute approximate surface area is 92.6 Å². The third-order valence-electron chi connectivity index (χ3n) is 3.74. The summed E-state index contributed by atoms with van der Waals surface area (Å²) < 4.78 is 24.2. The second kappa shape index (κ2) is 4.83. The Morgan fingerprint density at radius 3 is 2.20 bits per heavy atom. The van der Waals surface area contributed by atoms with Crippen LogP contribution in [0.2, 0.25) is 0 Å². The lowest BCUT2D eigenvalue weighted by Crippen LogP contribution is -2.33. The van der Waals surface area contributed by atoms with Crippen molar-refractivity contribution < 1.29 is 8.42 Å². The Bertz CT molecular complexity index is 288. The van der Waals surface area contributed by atoms with E-state index in [0.29, 0.717) is 11.7 Å². The SMILES string of the molecule is O=S(=O)(CC1CCNCC1)C1CCCC1. The van der Waals surface area contributed by atoms with E-state index in [-0.39, 0.29) is 5.25 Å². The third kappa shape index (κ3) is 2.94. The summed E-state index contributed by atoms with van der Waals surface area (Å²) in [7, 11) is -2.79. The van der Waals surface area contributed by atoms with Crippen molar-refractivity contribution in [3.05, 3.63) is 0 Å². The molecule has 1 aliphatic carbocycles. The fraction of sp³-hybridized carbons (Fsp3) is 1.00. The summed E-state index contributed by atoms with van der Waals surface area (Å²) in [6.07, 6.45) is 6.10. The zero-order valence-corrected chi connectivity index (χ0v) is 10.1. The van der Waals surface area contributed by atoms with E-state index in [1.54, 1.807) is 0 Å². The standard InChI is InChI=1S/C11H21NO2S/c13-15(14,11-3-1-2-4-11)9-10-5-7-12-8-6-10/h10-12H,1-9H2. The van der Waals surface area contributed by atoms with E-state index in [9.17, 15) is 8.42 Å². The number of hydrogen-bond acceptors (Lipinski definition) is 3. The first-order chi connectivity index (χ1) is 7.18. The summed E-state index contributed by atoms with van der Waals surface area (Å²) in [6.45, 7) is 1.98. The Hall–Kier alpha value is -0.0900. The van der Waals surface area contributed by atoms with Crippen LogP contribution < -0.4 is 5.32 Å². The van der Waals surface area contributed by atoms with Gasteiger partial charge in [-0.3, -0.25) is 0 Å². The van der Waals surface area contributed by atoms with Crippen LogP contribution in [0.25, 0.3) is 0 Å². The van der Waals surface area contributed by atoms with Crippen molar-refractivity contribution in [3.63, 3.8) is 0 Å². The van der Waals surface area contributed by atoms with Gasteiger partial charge in [0.2, 0.25) is 0 Å². The molecule has 1 aliphatic heterocycles. The first-order valence-corrected chi connectivity index (χ1v) is 7.82. The van der Waals surface area contributed by atoms with Gasteiger partial charge < -0.3 is 5.32 Å². The molecule has 3 nitrogen and oxygen atoms in total. The van der Waals surface area contributed by atoms with Gasteiger partial charge in [0.05, 0.1) is 11.0 Å². The monoisotopic (exact) mass is 231 g/mol. The molecule has 4 heteroatoms. The maximum absolute atomic E-state index is 12.1. The van der Waals surface area contributed by atoms with Crippen LogP contribution in [0.4, 0.5) is 0 Å². The minimum atomic E-state index is -2.79. The summed E-state index contributed by atoms with van der Waals surface area (Å²) in [4.78, 5) is 0. The van der Waals surface area contributed by atoms with Gasteiger partial charge in [0.1, 0.15) is 0 Å². The molecule has 0 radical (unpaired) electrons. The minimum Gasteiger partial charge on any atom is -0.317 e. The van der Waals surface area contributed by atoms with E-state index in [1.807, 2.05) is 0 Å². The normalized spacial score (nSPS) is 25.9. The molecule has 1 saturated heterocycles. The number of hydrogen-bond donors (Lipinski definition) is 1. The molecule has 1 N–H and O–H groups in total. The molecule has 0 atom stereocenters. The summed E-state index contributed by atoms with van der Waals surface area (Å²) in [5.74, 6) is 0.858. The highest BCUT2D eigenvalue weighted by Gasteiger charge is 2.31. The molecule has 0 bridgehead atoms. The minimum absolute atomic E-state index is 0.00705. The van der Waals surface area contributed by atoms with Crippen LogP contribution in [0.3, 0.4) is 0 Å². The zero-order chi connectivity index (χ0) is 10.7. The van der Waals surface area contributed by atoms with Crippen LogP contribution in [-0.4, -0.2) is 32.5 Å². The summed E-state index contributed by atoms with van der Waals surface area (Å²) in [5, 5.41) is 3.27. The number of rotatable bonds is 3. The van der Waals surface area contributed by atoms with Gasteiger partial charge in [-0.1, -0.05) is 12.8 Å². The van der Waals surface area contributed by atoms with Gasteiger partial charge in [-0.2, -0.15) is 0 Å². The third-order valence-corrected chi connectivity index (χ3v) is 6.16. The number of sulfone groups is 1. The van der Waals surface area contributed by atoms with E-state index in [0.717, 1.165) is 51.6 Å². The first-order valence-electron chi connectivity index (χ1n) is 6.11. The van der Waals surface area contributed by atoms with Crippen molar-refractivity contribution in [1.82, 2.24) is 5.32 Å². The summed E-state index contributed by atoms with van der Waals surface area (Å²) in [5.41, 5.74) is 0. The quantitative estimate of drug-likeness (QED) is 0.797. The average molecular weight is 231 g/mol. The van der Waals surface area contributed by atoms with E-state index < -0.39 is 9.84 Å². The predicted octanol–water partition coefficient (Wildman–Crippen LogP) is 1.34. The Morgan fingerprint density at radius 2 is 1.60 bits per heavy atom. The smallest absolute Gasteiger partial charge is 0.153 e. The molecule has 2 rings (SSSR count). The molecule has 2 fully saturated rings. The molecular weight excluding hydrogens is 210 g/mol. The van der Waals surface area contributed by atoms with Crippen molar-refractivity contribution in [2.24, 2.45) is 5.92 Å². The molecule has 15 heavy (non-hydrogen) atoms. The average Bonchev–Trinajstić information content (AvgIpc) is 2.71. The molecule has 0 unspecified atom stereocenters. The van der Waals surface area contributed by atoms with Crippen LogP contribution >= 0.6 is 0 Å². The lowest BCUT2D eigenvalue weighted by atomic mass is 10.0. The van der Waals surface area contributed by atoms with Crippen LogP contribution in [0.5, 0.6) is 0 Å². The molecule has 1 heterocycles. The Kier molecular flexibility index (Phi) is 3.67. The van der Waals surface area contributed by atoms with Gasteiger partial charge in [-0.05, 0) is 44.7 Å². The van der Waals surface area contributed by atoms with E-state index in [1.165, 1.54) is 0 Å². The van der Waals surface area contributed by atoms with E-state index in [4.69, 9.17) is 0 Å². The number of piperidine rings is 1. The molecule has 0 aromatic carbocycles. The highest BCUT2D eigenvalue weighted by atomic mass is 32.2. The van der Waals surface area contributed by atoms with Crippen molar-refractivity contribution in [3.8, 4) is 0 Å². The molecule has 0 aromatic heterocycles. The summed E-state index contributed by atoms with van der Waals surface area (Å²) in [6, 6.07) is 0. The second-order valence-electron chi connectivity index (χ2n) is 4.93. The molecule has 0 spiro atoms.